The van der Waals surface area contributed by atoms with Crippen molar-refractivity contribution in [2.75, 3.05) is 27.3 Å². The number of likely N-dealkylation sites (tertiary alicyclic amines) is 1. The fourth-order valence-corrected chi connectivity index (χ4v) is 4.17. The van der Waals surface area contributed by atoms with Crippen LogP contribution in [0.25, 0.3) is 0 Å². The zero-order valence-electron chi connectivity index (χ0n) is 19.5. The molecule has 1 fully saturated rings. The first-order valence-electron chi connectivity index (χ1n) is 11.4. The summed E-state index contributed by atoms with van der Waals surface area (Å²) >= 11 is 0. The van der Waals surface area contributed by atoms with Gasteiger partial charge in [-0.3, -0.25) is 9.69 Å². The summed E-state index contributed by atoms with van der Waals surface area (Å²) in [5, 5.41) is 0. The molecule has 1 unspecified atom stereocenters. The second-order valence-corrected chi connectivity index (χ2v) is 7.59. The van der Waals surface area contributed by atoms with Crippen molar-refractivity contribution in [2.24, 2.45) is 11.8 Å². The number of fused-ring (bicyclic) bond motifs is 1. The number of piperidine rings is 1. The van der Waals surface area contributed by atoms with Crippen LogP contribution in [0, 0.1) is 11.8 Å². The predicted octanol–water partition coefficient (Wildman–Crippen LogP) is 4.36. The second kappa shape index (κ2) is 8.36. The molecule has 0 radical (unpaired) electrons. The Morgan fingerprint density at radius 3 is 2.46 bits per heavy atom. The average Bonchev–Trinajstić information content (AvgIpc) is 2.92. The molecule has 0 amide bonds. The molecule has 28 heavy (non-hydrogen) atoms. The molecular weight excluding hydrogens is 350 g/mol. The minimum atomic E-state index is -2.08. The monoisotopic (exact) mass is 382 g/mol. The molecule has 148 valence electrons. The van der Waals surface area contributed by atoms with Crippen LogP contribution < -0.4 is 9.47 Å². The largest absolute Gasteiger partial charge is 0.493 e. The predicted molar refractivity (Wildman–Crippen MR) is 110 cm³/mol. The highest BCUT2D eigenvalue weighted by atomic mass is 16.5. The number of hydrogen-bond acceptors (Lipinski definition) is 4. The standard InChI is InChI=1S/C24H29NO3/c1-27-22-14-19-13-20(24(26)21(19)15-23(22)28-2)12-17-8-10-25(11-9-17)16-18-6-4-3-5-7-18/h3-7,14-15,17,20H,8-13,16H2,1-2H3/i13D2,20D. The van der Waals surface area contributed by atoms with E-state index in [1.165, 1.54) is 31.9 Å². The summed E-state index contributed by atoms with van der Waals surface area (Å²) in [6.45, 7) is 2.67. The van der Waals surface area contributed by atoms with Gasteiger partial charge >= 0.3 is 0 Å². The van der Waals surface area contributed by atoms with E-state index in [2.05, 4.69) is 17.0 Å². The Balaban J connectivity index is 1.49. The third-order valence-corrected chi connectivity index (χ3v) is 5.78. The topological polar surface area (TPSA) is 38.8 Å². The third-order valence-electron chi connectivity index (χ3n) is 5.78. The van der Waals surface area contributed by atoms with Gasteiger partial charge < -0.3 is 9.47 Å². The van der Waals surface area contributed by atoms with Crippen LogP contribution in [0.15, 0.2) is 42.5 Å². The van der Waals surface area contributed by atoms with Gasteiger partial charge in [-0.1, -0.05) is 30.3 Å². The highest BCUT2D eigenvalue weighted by molar-refractivity contribution is 6.02. The second-order valence-electron chi connectivity index (χ2n) is 7.59. The van der Waals surface area contributed by atoms with Crippen molar-refractivity contribution >= 4 is 5.78 Å². The summed E-state index contributed by atoms with van der Waals surface area (Å²) in [6.07, 6.45) is -0.142. The quantitative estimate of drug-likeness (QED) is 0.744. The molecule has 4 heteroatoms. The normalized spacial score (nSPS) is 26.2. The first-order chi connectivity index (χ1) is 14.8. The van der Waals surface area contributed by atoms with Crippen molar-refractivity contribution in [2.45, 2.75) is 32.2 Å². The molecule has 4 rings (SSSR count). The van der Waals surface area contributed by atoms with Crippen molar-refractivity contribution in [3.63, 3.8) is 0 Å². The van der Waals surface area contributed by atoms with Crippen LogP contribution >= 0.6 is 0 Å². The summed E-state index contributed by atoms with van der Waals surface area (Å²) in [7, 11) is 2.96. The van der Waals surface area contributed by atoms with E-state index in [4.69, 9.17) is 13.6 Å². The molecule has 2 aliphatic rings. The number of rotatable bonds is 6. The maximum atomic E-state index is 13.2. The number of benzene rings is 2. The van der Waals surface area contributed by atoms with Crippen LogP contribution in [0.5, 0.6) is 11.5 Å². The van der Waals surface area contributed by atoms with E-state index in [9.17, 15) is 4.79 Å². The van der Waals surface area contributed by atoms with E-state index < -0.39 is 18.1 Å². The average molecular weight is 383 g/mol. The number of ether oxygens (including phenoxy) is 2. The molecule has 2 aromatic rings. The van der Waals surface area contributed by atoms with E-state index in [-0.39, 0.29) is 23.5 Å². The van der Waals surface area contributed by atoms with Gasteiger partial charge in [0, 0.05) is 22.1 Å². The fourth-order valence-electron chi connectivity index (χ4n) is 4.17. The van der Waals surface area contributed by atoms with Crippen LogP contribution in [0.1, 0.15) is 44.9 Å². The lowest BCUT2D eigenvalue weighted by molar-refractivity contribution is 0.0895. The van der Waals surface area contributed by atoms with E-state index in [0.717, 1.165) is 32.5 Å². The number of ketones is 1. The van der Waals surface area contributed by atoms with Crippen LogP contribution in [0.4, 0.5) is 0 Å². The van der Waals surface area contributed by atoms with E-state index >= 15 is 0 Å². The Labute approximate surface area is 171 Å². The molecule has 1 aliphatic carbocycles. The molecule has 0 aromatic heterocycles. The van der Waals surface area contributed by atoms with E-state index in [1.807, 2.05) is 18.2 Å². The van der Waals surface area contributed by atoms with Crippen molar-refractivity contribution < 1.29 is 18.4 Å². The van der Waals surface area contributed by atoms with Crippen molar-refractivity contribution in [3.8, 4) is 11.5 Å². The minimum absolute atomic E-state index is 0.140. The number of carbonyl (C=O) groups excluding carboxylic acids is 1. The van der Waals surface area contributed by atoms with Gasteiger partial charge in [0.05, 0.1) is 14.2 Å². The molecule has 2 aromatic carbocycles. The summed E-state index contributed by atoms with van der Waals surface area (Å²) in [6, 6.07) is 13.4. The molecule has 1 atom stereocenters. The lowest BCUT2D eigenvalue weighted by Crippen LogP contribution is -2.34. The molecule has 0 saturated carbocycles. The Hall–Kier alpha value is -2.33. The zero-order valence-corrected chi connectivity index (χ0v) is 16.5. The molecule has 0 spiro atoms. The number of methoxy groups -OCH3 is 2. The molecule has 0 bridgehead atoms. The van der Waals surface area contributed by atoms with Crippen LogP contribution in [0.3, 0.4) is 0 Å². The molecular formula is C24H29NO3. The summed E-state index contributed by atoms with van der Waals surface area (Å²) in [5.74, 6) is -1.40. The number of hydrogen-bond donors (Lipinski definition) is 0. The molecule has 1 aliphatic heterocycles. The summed E-state index contributed by atoms with van der Waals surface area (Å²) < 4.78 is 37.0. The molecule has 1 saturated heterocycles. The highest BCUT2D eigenvalue weighted by Crippen LogP contribution is 2.39. The van der Waals surface area contributed by atoms with Crippen LogP contribution in [-0.2, 0) is 12.9 Å². The fraction of sp³-hybridized carbons (Fsp3) is 0.458. The van der Waals surface area contributed by atoms with E-state index in [1.54, 1.807) is 0 Å². The zero-order chi connectivity index (χ0) is 22.2. The minimum Gasteiger partial charge on any atom is -0.493 e. The van der Waals surface area contributed by atoms with Gasteiger partial charge in [0.25, 0.3) is 0 Å². The van der Waals surface area contributed by atoms with Gasteiger partial charge in [-0.25, -0.2) is 0 Å². The summed E-state index contributed by atoms with van der Waals surface area (Å²) in [4.78, 5) is 15.6. The molecule has 1 heterocycles. The SMILES string of the molecule is [2H]C1(CC2CCN(Cc3ccccc3)CC2)C(=O)c2cc(OC)c(OC)cc2C1([2H])[2H]. The maximum absolute atomic E-state index is 13.2. The van der Waals surface area contributed by atoms with Crippen LogP contribution in [0.2, 0.25) is 0 Å². The Morgan fingerprint density at radius 1 is 1.11 bits per heavy atom. The smallest absolute Gasteiger partial charge is 0.166 e. The van der Waals surface area contributed by atoms with Gasteiger partial charge in [0.15, 0.2) is 17.3 Å². The number of carbonyl (C=O) groups is 1. The Bertz CT molecular complexity index is 958. The highest BCUT2D eigenvalue weighted by Gasteiger charge is 2.34. The van der Waals surface area contributed by atoms with Gasteiger partial charge in [-0.15, -0.1) is 0 Å². The van der Waals surface area contributed by atoms with Crippen LogP contribution in [-0.4, -0.2) is 38.0 Å². The van der Waals surface area contributed by atoms with Gasteiger partial charge in [0.2, 0.25) is 0 Å². The van der Waals surface area contributed by atoms with E-state index in [0.29, 0.717) is 11.5 Å². The molecule has 4 nitrogen and oxygen atoms in total. The first-order valence-corrected chi connectivity index (χ1v) is 9.87. The Kier molecular flexibility index (Phi) is 4.65. The van der Waals surface area contributed by atoms with Gasteiger partial charge in [-0.05, 0) is 67.9 Å². The lowest BCUT2D eigenvalue weighted by atomic mass is 9.85. The first kappa shape index (κ1) is 15.6. The van der Waals surface area contributed by atoms with Crippen molar-refractivity contribution in [1.29, 1.82) is 0 Å². The van der Waals surface area contributed by atoms with Crippen molar-refractivity contribution in [1.82, 2.24) is 4.90 Å². The third kappa shape index (κ3) is 3.93. The summed E-state index contributed by atoms with van der Waals surface area (Å²) in [5.41, 5.74) is 1.74. The number of nitrogens with zero attached hydrogens (tertiary/aromatic N) is 1. The van der Waals surface area contributed by atoms with Gasteiger partial charge in [-0.2, -0.15) is 0 Å². The molecule has 0 N–H and O–H groups in total. The Morgan fingerprint density at radius 2 is 1.79 bits per heavy atom. The number of Topliss-reactive ketones (excluding diaryl/α,β-unsaturated/α-hetero) is 1. The lowest BCUT2D eigenvalue weighted by Gasteiger charge is -2.32. The van der Waals surface area contributed by atoms with Gasteiger partial charge in [0.1, 0.15) is 0 Å². The maximum Gasteiger partial charge on any atom is 0.166 e. The van der Waals surface area contributed by atoms with Crippen molar-refractivity contribution in [3.05, 3.63) is 59.2 Å².